The van der Waals surface area contributed by atoms with Crippen molar-refractivity contribution in [3.8, 4) is 0 Å². The minimum atomic E-state index is -0.244. The Morgan fingerprint density at radius 1 is 1.24 bits per heavy atom. The molecule has 1 N–H and O–H groups in total. The SMILES string of the molecule is COCCOCCCCNc1nccn(C(C)(C)C)c1=O. The van der Waals surface area contributed by atoms with E-state index in [9.17, 15) is 4.79 Å². The minimum absolute atomic E-state index is 0.0821. The van der Waals surface area contributed by atoms with Gasteiger partial charge in [0.05, 0.1) is 13.2 Å². The van der Waals surface area contributed by atoms with Crippen molar-refractivity contribution in [1.82, 2.24) is 9.55 Å². The van der Waals surface area contributed by atoms with Crippen LogP contribution in [0.3, 0.4) is 0 Å². The largest absolute Gasteiger partial charge is 0.382 e. The van der Waals surface area contributed by atoms with E-state index in [2.05, 4.69) is 10.3 Å². The van der Waals surface area contributed by atoms with Gasteiger partial charge in [0, 0.05) is 38.2 Å². The Morgan fingerprint density at radius 3 is 2.67 bits per heavy atom. The van der Waals surface area contributed by atoms with Crippen LogP contribution in [0.1, 0.15) is 33.6 Å². The van der Waals surface area contributed by atoms with E-state index < -0.39 is 0 Å². The zero-order chi connectivity index (χ0) is 15.7. The highest BCUT2D eigenvalue weighted by Crippen LogP contribution is 2.10. The number of methoxy groups -OCH3 is 1. The van der Waals surface area contributed by atoms with Gasteiger partial charge in [-0.15, -0.1) is 0 Å². The fourth-order valence-electron chi connectivity index (χ4n) is 1.84. The molecule has 0 amide bonds. The van der Waals surface area contributed by atoms with E-state index in [4.69, 9.17) is 9.47 Å². The number of rotatable bonds is 9. The lowest BCUT2D eigenvalue weighted by Crippen LogP contribution is -2.35. The van der Waals surface area contributed by atoms with Gasteiger partial charge in [-0.2, -0.15) is 0 Å². The van der Waals surface area contributed by atoms with Crippen LogP contribution in [0.4, 0.5) is 5.82 Å². The molecule has 0 fully saturated rings. The van der Waals surface area contributed by atoms with Crippen LogP contribution in [-0.4, -0.2) is 43.0 Å². The number of anilines is 1. The lowest BCUT2D eigenvalue weighted by molar-refractivity contribution is 0.0691. The third kappa shape index (κ3) is 6.27. The maximum absolute atomic E-state index is 12.3. The predicted octanol–water partition coefficient (Wildman–Crippen LogP) is 1.85. The standard InChI is InChI=1S/C15H27N3O3/c1-15(2,3)18-9-8-17-13(14(18)19)16-7-5-6-10-21-12-11-20-4/h8-9H,5-7,10-12H2,1-4H3,(H,16,17). The number of nitrogens with one attached hydrogen (secondary N) is 1. The van der Waals surface area contributed by atoms with E-state index in [1.165, 1.54) is 0 Å². The summed E-state index contributed by atoms with van der Waals surface area (Å²) >= 11 is 0. The third-order valence-electron chi connectivity index (χ3n) is 3.00. The van der Waals surface area contributed by atoms with Gasteiger partial charge < -0.3 is 19.4 Å². The maximum atomic E-state index is 12.3. The van der Waals surface area contributed by atoms with Crippen LogP contribution < -0.4 is 10.9 Å². The van der Waals surface area contributed by atoms with Crippen LogP contribution in [-0.2, 0) is 15.0 Å². The zero-order valence-electron chi connectivity index (χ0n) is 13.5. The second-order valence-electron chi connectivity index (χ2n) is 5.86. The Morgan fingerprint density at radius 2 is 2.00 bits per heavy atom. The van der Waals surface area contributed by atoms with Gasteiger partial charge in [0.1, 0.15) is 0 Å². The second-order valence-corrected chi connectivity index (χ2v) is 5.86. The second kappa shape index (κ2) is 8.79. The molecule has 0 radical (unpaired) electrons. The summed E-state index contributed by atoms with van der Waals surface area (Å²) in [4.78, 5) is 16.4. The van der Waals surface area contributed by atoms with E-state index in [0.29, 0.717) is 32.2 Å². The van der Waals surface area contributed by atoms with Gasteiger partial charge in [-0.3, -0.25) is 4.79 Å². The Hall–Kier alpha value is -1.40. The molecule has 0 atom stereocenters. The molecule has 0 aromatic carbocycles. The first kappa shape index (κ1) is 17.7. The third-order valence-corrected chi connectivity index (χ3v) is 3.00. The molecule has 0 aliphatic heterocycles. The monoisotopic (exact) mass is 297 g/mol. The number of hydrogen-bond donors (Lipinski definition) is 1. The number of hydrogen-bond acceptors (Lipinski definition) is 5. The Bertz CT molecular complexity index is 466. The zero-order valence-corrected chi connectivity index (χ0v) is 13.5. The van der Waals surface area contributed by atoms with E-state index >= 15 is 0 Å². The maximum Gasteiger partial charge on any atom is 0.293 e. The summed E-state index contributed by atoms with van der Waals surface area (Å²) < 4.78 is 12.0. The summed E-state index contributed by atoms with van der Waals surface area (Å²) in [7, 11) is 1.66. The fourth-order valence-corrected chi connectivity index (χ4v) is 1.84. The van der Waals surface area contributed by atoms with Crippen LogP contribution in [0.25, 0.3) is 0 Å². The Labute approximate surface area is 126 Å². The van der Waals surface area contributed by atoms with Crippen LogP contribution in [0.2, 0.25) is 0 Å². The smallest absolute Gasteiger partial charge is 0.293 e. The first-order valence-corrected chi connectivity index (χ1v) is 7.35. The van der Waals surface area contributed by atoms with Gasteiger partial charge in [0.25, 0.3) is 5.56 Å². The van der Waals surface area contributed by atoms with Crippen molar-refractivity contribution in [2.75, 3.05) is 38.8 Å². The molecule has 0 spiro atoms. The average molecular weight is 297 g/mol. The highest BCUT2D eigenvalue weighted by molar-refractivity contribution is 5.30. The van der Waals surface area contributed by atoms with Crippen LogP contribution in [0, 0.1) is 0 Å². The summed E-state index contributed by atoms with van der Waals surface area (Å²) in [5, 5.41) is 3.10. The first-order chi connectivity index (χ1) is 9.96. The summed E-state index contributed by atoms with van der Waals surface area (Å²) in [6.45, 7) is 8.66. The molecule has 0 aliphatic carbocycles. The Kier molecular flexibility index (Phi) is 7.39. The van der Waals surface area contributed by atoms with Crippen LogP contribution in [0.5, 0.6) is 0 Å². The quantitative estimate of drug-likeness (QED) is 0.705. The first-order valence-electron chi connectivity index (χ1n) is 7.35. The molecule has 6 nitrogen and oxygen atoms in total. The minimum Gasteiger partial charge on any atom is -0.382 e. The molecule has 0 aliphatic rings. The molecule has 0 unspecified atom stereocenters. The lowest BCUT2D eigenvalue weighted by Gasteiger charge is -2.22. The van der Waals surface area contributed by atoms with Gasteiger partial charge in [-0.25, -0.2) is 4.98 Å². The van der Waals surface area contributed by atoms with Crippen LogP contribution >= 0.6 is 0 Å². The lowest BCUT2D eigenvalue weighted by atomic mass is 10.1. The van der Waals surface area contributed by atoms with E-state index in [0.717, 1.165) is 12.8 Å². The Balaban J connectivity index is 2.35. The van der Waals surface area contributed by atoms with E-state index in [1.807, 2.05) is 20.8 Å². The molecular formula is C15H27N3O3. The fraction of sp³-hybridized carbons (Fsp3) is 0.733. The highest BCUT2D eigenvalue weighted by Gasteiger charge is 2.16. The molecule has 1 heterocycles. The van der Waals surface area contributed by atoms with Gasteiger partial charge in [0.15, 0.2) is 5.82 Å². The molecule has 120 valence electrons. The van der Waals surface area contributed by atoms with Crippen molar-refractivity contribution in [2.24, 2.45) is 0 Å². The molecule has 21 heavy (non-hydrogen) atoms. The van der Waals surface area contributed by atoms with Crippen molar-refractivity contribution in [1.29, 1.82) is 0 Å². The molecule has 0 bridgehead atoms. The van der Waals surface area contributed by atoms with Gasteiger partial charge in [0.2, 0.25) is 0 Å². The molecule has 6 heteroatoms. The van der Waals surface area contributed by atoms with E-state index in [1.54, 1.807) is 24.1 Å². The van der Waals surface area contributed by atoms with E-state index in [-0.39, 0.29) is 11.1 Å². The van der Waals surface area contributed by atoms with Crippen molar-refractivity contribution in [2.45, 2.75) is 39.2 Å². The summed E-state index contributed by atoms with van der Waals surface area (Å²) in [5.74, 6) is 0.410. The predicted molar refractivity (Wildman–Crippen MR) is 83.9 cm³/mol. The number of unbranched alkanes of at least 4 members (excludes halogenated alkanes) is 1. The highest BCUT2D eigenvalue weighted by atomic mass is 16.5. The van der Waals surface area contributed by atoms with Gasteiger partial charge in [-0.05, 0) is 33.6 Å². The van der Waals surface area contributed by atoms with Gasteiger partial charge >= 0.3 is 0 Å². The topological polar surface area (TPSA) is 65.4 Å². The normalized spacial score (nSPS) is 11.6. The molecular weight excluding hydrogens is 270 g/mol. The molecule has 1 aromatic rings. The van der Waals surface area contributed by atoms with Crippen molar-refractivity contribution >= 4 is 5.82 Å². The summed E-state index contributed by atoms with van der Waals surface area (Å²) in [6.07, 6.45) is 5.25. The number of nitrogens with zero attached hydrogens (tertiary/aromatic N) is 2. The summed E-state index contributed by atoms with van der Waals surface area (Å²) in [5.41, 5.74) is -0.326. The van der Waals surface area contributed by atoms with Gasteiger partial charge in [-0.1, -0.05) is 0 Å². The average Bonchev–Trinajstić information content (AvgIpc) is 2.42. The number of aromatic nitrogens is 2. The van der Waals surface area contributed by atoms with Crippen molar-refractivity contribution in [3.63, 3.8) is 0 Å². The summed E-state index contributed by atoms with van der Waals surface area (Å²) in [6, 6.07) is 0. The van der Waals surface area contributed by atoms with Crippen molar-refractivity contribution < 1.29 is 9.47 Å². The van der Waals surface area contributed by atoms with Crippen molar-refractivity contribution in [3.05, 3.63) is 22.7 Å². The molecule has 0 saturated heterocycles. The molecule has 0 saturated carbocycles. The number of ether oxygens (including phenoxy) is 2. The molecule has 1 aromatic heterocycles. The molecule has 1 rings (SSSR count). The van der Waals surface area contributed by atoms with Crippen LogP contribution in [0.15, 0.2) is 17.2 Å².